The Morgan fingerprint density at radius 1 is 0.920 bits per heavy atom. The van der Waals surface area contributed by atoms with Crippen molar-refractivity contribution in [2.45, 2.75) is 71.7 Å². The molecule has 0 aromatic rings. The van der Waals surface area contributed by atoms with E-state index in [2.05, 4.69) is 0 Å². The second-order valence-corrected chi connectivity index (χ2v) is 8.18. The highest BCUT2D eigenvalue weighted by molar-refractivity contribution is 5.71. The Morgan fingerprint density at radius 3 is 2.00 bits per heavy atom. The zero-order valence-corrected chi connectivity index (χ0v) is 16.4. The van der Waals surface area contributed by atoms with E-state index in [1.807, 2.05) is 41.5 Å². The summed E-state index contributed by atoms with van der Waals surface area (Å²) in [6.45, 7) is 13.0. The van der Waals surface area contributed by atoms with Crippen molar-refractivity contribution in [2.24, 2.45) is 0 Å². The molecule has 7 nitrogen and oxygen atoms in total. The molecule has 25 heavy (non-hydrogen) atoms. The van der Waals surface area contributed by atoms with Crippen LogP contribution in [-0.2, 0) is 23.7 Å². The molecule has 1 aliphatic rings. The lowest BCUT2D eigenvalue weighted by Crippen LogP contribution is -2.43. The monoisotopic (exact) mass is 359 g/mol. The van der Waals surface area contributed by atoms with Gasteiger partial charge in [0.2, 0.25) is 0 Å². The summed E-state index contributed by atoms with van der Waals surface area (Å²) < 4.78 is 21.5. The zero-order chi connectivity index (χ0) is 19.1. The Kier molecular flexibility index (Phi) is 8.15. The van der Waals surface area contributed by atoms with Crippen molar-refractivity contribution in [3.05, 3.63) is 0 Å². The molecule has 146 valence electrons. The molecule has 0 atom stereocenters. The Balaban J connectivity index is 2.11. The van der Waals surface area contributed by atoms with Crippen molar-refractivity contribution in [3.63, 3.8) is 0 Å². The molecule has 7 heteroatoms. The summed E-state index contributed by atoms with van der Waals surface area (Å²) in [6.07, 6.45) is 1.37. The van der Waals surface area contributed by atoms with E-state index in [0.29, 0.717) is 26.3 Å². The van der Waals surface area contributed by atoms with Crippen molar-refractivity contribution in [1.82, 2.24) is 4.90 Å². The summed E-state index contributed by atoms with van der Waals surface area (Å²) in [4.78, 5) is 25.2. The summed E-state index contributed by atoms with van der Waals surface area (Å²) in [5, 5.41) is 0. The summed E-state index contributed by atoms with van der Waals surface area (Å²) in [7, 11) is 0. The molecule has 0 aromatic carbocycles. The minimum Gasteiger partial charge on any atom is -0.458 e. The van der Waals surface area contributed by atoms with Crippen LogP contribution in [0, 0.1) is 0 Å². The smallest absolute Gasteiger partial charge is 0.410 e. The molecule has 0 radical (unpaired) electrons. The van der Waals surface area contributed by atoms with Gasteiger partial charge in [0.1, 0.15) is 17.8 Å². The molecule has 1 amide bonds. The van der Waals surface area contributed by atoms with Crippen LogP contribution in [-0.4, -0.2) is 67.2 Å². The molecular weight excluding hydrogens is 326 g/mol. The van der Waals surface area contributed by atoms with Gasteiger partial charge in [0.15, 0.2) is 0 Å². The fourth-order valence-electron chi connectivity index (χ4n) is 2.33. The van der Waals surface area contributed by atoms with E-state index in [9.17, 15) is 9.59 Å². The Labute approximate surface area is 150 Å². The summed E-state index contributed by atoms with van der Waals surface area (Å²) >= 11 is 0. The van der Waals surface area contributed by atoms with Gasteiger partial charge >= 0.3 is 12.1 Å². The van der Waals surface area contributed by atoms with Gasteiger partial charge < -0.3 is 23.8 Å². The van der Waals surface area contributed by atoms with Gasteiger partial charge in [-0.2, -0.15) is 0 Å². The topological polar surface area (TPSA) is 74.3 Å². The van der Waals surface area contributed by atoms with Gasteiger partial charge in [-0.3, -0.25) is 0 Å². The van der Waals surface area contributed by atoms with Gasteiger partial charge in [0.25, 0.3) is 0 Å². The third-order valence-electron chi connectivity index (χ3n) is 3.31. The van der Waals surface area contributed by atoms with Crippen LogP contribution in [0.2, 0.25) is 0 Å². The fraction of sp³-hybridized carbons (Fsp3) is 0.889. The van der Waals surface area contributed by atoms with Crippen LogP contribution in [0.3, 0.4) is 0 Å². The van der Waals surface area contributed by atoms with Crippen molar-refractivity contribution < 1.29 is 28.5 Å². The molecule has 1 aliphatic heterocycles. The SMILES string of the molecule is CC(C)(C)OC(=O)COCCOC1CCN(C(=O)OC(C)(C)C)CC1. The highest BCUT2D eigenvalue weighted by Gasteiger charge is 2.27. The van der Waals surface area contributed by atoms with Crippen LogP contribution in [0.4, 0.5) is 4.79 Å². The first-order valence-electron chi connectivity index (χ1n) is 8.85. The largest absolute Gasteiger partial charge is 0.458 e. The first kappa shape index (κ1) is 21.7. The van der Waals surface area contributed by atoms with Gasteiger partial charge in [-0.05, 0) is 54.4 Å². The molecule has 1 saturated heterocycles. The van der Waals surface area contributed by atoms with Crippen LogP contribution < -0.4 is 0 Å². The first-order valence-corrected chi connectivity index (χ1v) is 8.85. The normalized spacial score (nSPS) is 16.6. The standard InChI is InChI=1S/C18H33NO6/c1-17(2,3)24-15(20)13-22-11-12-23-14-7-9-19(10-8-14)16(21)25-18(4,5)6/h14H,7-13H2,1-6H3. The average Bonchev–Trinajstić information content (AvgIpc) is 2.43. The molecule has 0 saturated carbocycles. The highest BCUT2D eigenvalue weighted by atomic mass is 16.6. The molecule has 0 aromatic heterocycles. The van der Waals surface area contributed by atoms with Gasteiger partial charge in [-0.25, -0.2) is 9.59 Å². The number of nitrogens with zero attached hydrogens (tertiary/aromatic N) is 1. The van der Waals surface area contributed by atoms with E-state index < -0.39 is 11.2 Å². The maximum Gasteiger partial charge on any atom is 0.410 e. The number of carbonyl (C=O) groups excluding carboxylic acids is 2. The minimum absolute atomic E-state index is 0.0717. The third kappa shape index (κ3) is 10.3. The number of rotatable bonds is 6. The Bertz CT molecular complexity index is 430. The molecule has 0 spiro atoms. The van der Waals surface area contributed by atoms with E-state index in [4.69, 9.17) is 18.9 Å². The van der Waals surface area contributed by atoms with Crippen LogP contribution in [0.25, 0.3) is 0 Å². The number of hydrogen-bond donors (Lipinski definition) is 0. The number of hydrogen-bond acceptors (Lipinski definition) is 6. The number of ether oxygens (including phenoxy) is 4. The molecule has 1 heterocycles. The van der Waals surface area contributed by atoms with Crippen LogP contribution in [0.1, 0.15) is 54.4 Å². The Hall–Kier alpha value is -1.34. The first-order chi connectivity index (χ1) is 11.5. The number of carbonyl (C=O) groups is 2. The number of esters is 1. The molecule has 1 rings (SSSR count). The lowest BCUT2D eigenvalue weighted by molar-refractivity contribution is -0.160. The van der Waals surface area contributed by atoms with Crippen molar-refractivity contribution in [2.75, 3.05) is 32.9 Å². The minimum atomic E-state index is -0.501. The van der Waals surface area contributed by atoms with Crippen molar-refractivity contribution in [3.8, 4) is 0 Å². The second kappa shape index (κ2) is 9.38. The summed E-state index contributed by atoms with van der Waals surface area (Å²) in [5.74, 6) is -0.377. The van der Waals surface area contributed by atoms with Crippen LogP contribution in [0.5, 0.6) is 0 Å². The third-order valence-corrected chi connectivity index (χ3v) is 3.31. The summed E-state index contributed by atoms with van der Waals surface area (Å²) in [5.41, 5.74) is -0.977. The van der Waals surface area contributed by atoms with Gasteiger partial charge in [0.05, 0.1) is 19.3 Å². The molecular formula is C18H33NO6. The molecule has 0 bridgehead atoms. The van der Waals surface area contributed by atoms with Gasteiger partial charge in [-0.1, -0.05) is 0 Å². The molecule has 1 fully saturated rings. The zero-order valence-electron chi connectivity index (χ0n) is 16.4. The number of likely N-dealkylation sites (tertiary alicyclic amines) is 1. The quantitative estimate of drug-likeness (QED) is 0.536. The van der Waals surface area contributed by atoms with Crippen LogP contribution >= 0.6 is 0 Å². The number of piperidine rings is 1. The van der Waals surface area contributed by atoms with Gasteiger partial charge in [0, 0.05) is 13.1 Å². The van der Waals surface area contributed by atoms with E-state index in [1.54, 1.807) is 4.90 Å². The number of amides is 1. The predicted molar refractivity (Wildman–Crippen MR) is 93.4 cm³/mol. The van der Waals surface area contributed by atoms with E-state index >= 15 is 0 Å². The lowest BCUT2D eigenvalue weighted by Gasteiger charge is -2.33. The predicted octanol–water partition coefficient (Wildman–Crippen LogP) is 2.76. The summed E-state index contributed by atoms with van der Waals surface area (Å²) in [6, 6.07) is 0. The Morgan fingerprint density at radius 2 is 1.48 bits per heavy atom. The average molecular weight is 359 g/mol. The van der Waals surface area contributed by atoms with E-state index in [1.165, 1.54) is 0 Å². The molecule has 0 unspecified atom stereocenters. The van der Waals surface area contributed by atoms with Gasteiger partial charge in [-0.15, -0.1) is 0 Å². The lowest BCUT2D eigenvalue weighted by atomic mass is 10.1. The maximum atomic E-state index is 12.0. The molecule has 0 aliphatic carbocycles. The van der Waals surface area contributed by atoms with Crippen molar-refractivity contribution in [1.29, 1.82) is 0 Å². The van der Waals surface area contributed by atoms with Crippen molar-refractivity contribution >= 4 is 12.1 Å². The van der Waals surface area contributed by atoms with E-state index in [-0.39, 0.29) is 24.8 Å². The fourth-order valence-corrected chi connectivity index (χ4v) is 2.33. The maximum absolute atomic E-state index is 12.0. The highest BCUT2D eigenvalue weighted by Crippen LogP contribution is 2.17. The van der Waals surface area contributed by atoms with E-state index in [0.717, 1.165) is 12.8 Å². The molecule has 0 N–H and O–H groups in total. The van der Waals surface area contributed by atoms with Crippen LogP contribution in [0.15, 0.2) is 0 Å². The second-order valence-electron chi connectivity index (χ2n) is 8.18.